The predicted octanol–water partition coefficient (Wildman–Crippen LogP) is -0.202. The fraction of sp³-hybridized carbons (Fsp3) is 0.667. The standard InChI is InChI=1S/C12H20N4O3S2/c1-21(18,19)16-6-3-9(4-7-16)14-12(17)10-8-20-11(15-10)2-5-13/h8-9H,2-7,13H2,1H3,(H,14,17). The Kier molecular flexibility index (Phi) is 5.31. The van der Waals surface area contributed by atoms with Crippen LogP contribution in [0.4, 0.5) is 0 Å². The molecule has 1 aliphatic heterocycles. The van der Waals surface area contributed by atoms with Crippen molar-refractivity contribution in [3.63, 3.8) is 0 Å². The zero-order valence-corrected chi connectivity index (χ0v) is 13.5. The molecule has 0 aliphatic carbocycles. The summed E-state index contributed by atoms with van der Waals surface area (Å²) < 4.78 is 24.3. The molecule has 0 spiro atoms. The minimum absolute atomic E-state index is 0.00448. The van der Waals surface area contributed by atoms with Crippen molar-refractivity contribution in [2.45, 2.75) is 25.3 Å². The molecule has 2 rings (SSSR count). The molecule has 2 heterocycles. The van der Waals surface area contributed by atoms with Crippen LogP contribution < -0.4 is 11.1 Å². The summed E-state index contributed by atoms with van der Waals surface area (Å²) >= 11 is 1.43. The number of carbonyl (C=O) groups is 1. The van der Waals surface area contributed by atoms with Crippen molar-refractivity contribution in [3.8, 4) is 0 Å². The van der Waals surface area contributed by atoms with E-state index in [1.807, 2.05) is 0 Å². The van der Waals surface area contributed by atoms with Gasteiger partial charge in [0.2, 0.25) is 10.0 Å². The smallest absolute Gasteiger partial charge is 0.270 e. The first kappa shape index (κ1) is 16.3. The van der Waals surface area contributed by atoms with Gasteiger partial charge in [-0.25, -0.2) is 17.7 Å². The monoisotopic (exact) mass is 332 g/mol. The van der Waals surface area contributed by atoms with E-state index in [-0.39, 0.29) is 11.9 Å². The molecule has 0 radical (unpaired) electrons. The average molecular weight is 332 g/mol. The van der Waals surface area contributed by atoms with Gasteiger partial charge in [-0.15, -0.1) is 11.3 Å². The van der Waals surface area contributed by atoms with Crippen LogP contribution in [0, 0.1) is 0 Å². The third-order valence-corrected chi connectivity index (χ3v) is 5.61. The van der Waals surface area contributed by atoms with Crippen LogP contribution in [-0.4, -0.2) is 55.5 Å². The lowest BCUT2D eigenvalue weighted by Gasteiger charge is -2.30. The molecule has 0 bridgehead atoms. The maximum atomic E-state index is 12.1. The van der Waals surface area contributed by atoms with E-state index in [4.69, 9.17) is 5.73 Å². The summed E-state index contributed by atoms with van der Waals surface area (Å²) in [6.07, 6.45) is 3.13. The van der Waals surface area contributed by atoms with Gasteiger partial charge in [-0.3, -0.25) is 4.79 Å². The number of sulfonamides is 1. The van der Waals surface area contributed by atoms with Gasteiger partial charge in [-0.1, -0.05) is 0 Å². The van der Waals surface area contributed by atoms with E-state index < -0.39 is 10.0 Å². The number of nitrogens with zero attached hydrogens (tertiary/aromatic N) is 2. The van der Waals surface area contributed by atoms with Gasteiger partial charge in [-0.2, -0.15) is 0 Å². The maximum absolute atomic E-state index is 12.1. The van der Waals surface area contributed by atoms with Crippen molar-refractivity contribution >= 4 is 27.3 Å². The Morgan fingerprint density at radius 1 is 1.52 bits per heavy atom. The summed E-state index contributed by atoms with van der Waals surface area (Å²) in [7, 11) is -3.13. The second-order valence-corrected chi connectivity index (χ2v) is 8.00. The third kappa shape index (κ3) is 4.47. The number of carbonyl (C=O) groups excluding carboxylic acids is 1. The zero-order chi connectivity index (χ0) is 15.5. The lowest BCUT2D eigenvalue weighted by molar-refractivity contribution is 0.0919. The Morgan fingerprint density at radius 2 is 2.19 bits per heavy atom. The molecule has 0 saturated carbocycles. The van der Waals surface area contributed by atoms with E-state index in [2.05, 4.69) is 10.3 Å². The number of amides is 1. The van der Waals surface area contributed by atoms with Crippen molar-refractivity contribution in [1.29, 1.82) is 0 Å². The molecule has 1 fully saturated rings. The van der Waals surface area contributed by atoms with Crippen molar-refractivity contribution in [1.82, 2.24) is 14.6 Å². The molecular weight excluding hydrogens is 312 g/mol. The van der Waals surface area contributed by atoms with E-state index in [9.17, 15) is 13.2 Å². The summed E-state index contributed by atoms with van der Waals surface area (Å²) in [5, 5.41) is 5.50. The molecule has 1 aliphatic rings. The van der Waals surface area contributed by atoms with Crippen LogP contribution in [0.2, 0.25) is 0 Å². The van der Waals surface area contributed by atoms with E-state index >= 15 is 0 Å². The Balaban J connectivity index is 1.86. The number of hydrogen-bond acceptors (Lipinski definition) is 6. The minimum atomic E-state index is -3.13. The van der Waals surface area contributed by atoms with Crippen LogP contribution in [0.5, 0.6) is 0 Å². The molecule has 118 valence electrons. The highest BCUT2D eigenvalue weighted by Gasteiger charge is 2.26. The first-order chi connectivity index (χ1) is 9.90. The van der Waals surface area contributed by atoms with Crippen molar-refractivity contribution in [3.05, 3.63) is 16.1 Å². The number of thiazole rings is 1. The Morgan fingerprint density at radius 3 is 2.76 bits per heavy atom. The second-order valence-electron chi connectivity index (χ2n) is 5.07. The Bertz CT molecular complexity index is 591. The number of nitrogens with one attached hydrogen (secondary N) is 1. The van der Waals surface area contributed by atoms with Gasteiger partial charge in [0.15, 0.2) is 0 Å². The third-order valence-electron chi connectivity index (χ3n) is 3.40. The molecule has 0 aromatic carbocycles. The van der Waals surface area contributed by atoms with Gasteiger partial charge < -0.3 is 11.1 Å². The van der Waals surface area contributed by atoms with Gasteiger partial charge in [0.25, 0.3) is 5.91 Å². The number of hydrogen-bond donors (Lipinski definition) is 2. The number of rotatable bonds is 5. The molecule has 1 saturated heterocycles. The van der Waals surface area contributed by atoms with Gasteiger partial charge in [0, 0.05) is 30.9 Å². The molecule has 1 amide bonds. The number of aromatic nitrogens is 1. The lowest BCUT2D eigenvalue weighted by atomic mass is 10.1. The summed E-state index contributed by atoms with van der Waals surface area (Å²) in [5.41, 5.74) is 5.87. The Labute approximate surface area is 128 Å². The molecule has 0 unspecified atom stereocenters. The average Bonchev–Trinajstić information content (AvgIpc) is 2.87. The number of piperidine rings is 1. The fourth-order valence-corrected chi connectivity index (χ4v) is 3.91. The lowest BCUT2D eigenvalue weighted by Crippen LogP contribution is -2.46. The van der Waals surface area contributed by atoms with E-state index in [0.717, 1.165) is 5.01 Å². The fourth-order valence-electron chi connectivity index (χ4n) is 2.24. The summed E-state index contributed by atoms with van der Waals surface area (Å²) in [6.45, 7) is 1.40. The van der Waals surface area contributed by atoms with Crippen LogP contribution in [0.3, 0.4) is 0 Å². The first-order valence-electron chi connectivity index (χ1n) is 6.80. The van der Waals surface area contributed by atoms with Gasteiger partial charge in [-0.05, 0) is 19.4 Å². The van der Waals surface area contributed by atoms with Gasteiger partial charge in [0.1, 0.15) is 5.69 Å². The van der Waals surface area contributed by atoms with E-state index in [1.54, 1.807) is 5.38 Å². The quantitative estimate of drug-likeness (QED) is 0.777. The van der Waals surface area contributed by atoms with Crippen molar-refractivity contribution in [2.24, 2.45) is 5.73 Å². The van der Waals surface area contributed by atoms with E-state index in [1.165, 1.54) is 21.9 Å². The highest BCUT2D eigenvalue weighted by atomic mass is 32.2. The maximum Gasteiger partial charge on any atom is 0.270 e. The van der Waals surface area contributed by atoms with Crippen molar-refractivity contribution < 1.29 is 13.2 Å². The van der Waals surface area contributed by atoms with Crippen LogP contribution in [0.15, 0.2) is 5.38 Å². The highest BCUT2D eigenvalue weighted by molar-refractivity contribution is 7.88. The van der Waals surface area contributed by atoms with Gasteiger partial charge >= 0.3 is 0 Å². The van der Waals surface area contributed by atoms with Crippen LogP contribution >= 0.6 is 11.3 Å². The van der Waals surface area contributed by atoms with E-state index in [0.29, 0.717) is 44.6 Å². The largest absolute Gasteiger partial charge is 0.348 e. The zero-order valence-electron chi connectivity index (χ0n) is 11.9. The summed E-state index contributed by atoms with van der Waals surface area (Å²) in [4.78, 5) is 16.3. The summed E-state index contributed by atoms with van der Waals surface area (Å²) in [6, 6.07) is -0.00448. The first-order valence-corrected chi connectivity index (χ1v) is 9.53. The molecule has 1 aromatic rings. The van der Waals surface area contributed by atoms with Crippen LogP contribution in [0.1, 0.15) is 28.3 Å². The molecule has 9 heteroatoms. The topological polar surface area (TPSA) is 105 Å². The van der Waals surface area contributed by atoms with Crippen molar-refractivity contribution in [2.75, 3.05) is 25.9 Å². The Hall–Kier alpha value is -1.03. The molecule has 1 aromatic heterocycles. The molecule has 7 nitrogen and oxygen atoms in total. The minimum Gasteiger partial charge on any atom is -0.348 e. The second kappa shape index (κ2) is 6.82. The molecule has 3 N–H and O–H groups in total. The van der Waals surface area contributed by atoms with Crippen LogP contribution in [-0.2, 0) is 16.4 Å². The molecular formula is C12H20N4O3S2. The molecule has 21 heavy (non-hydrogen) atoms. The molecule has 0 atom stereocenters. The highest BCUT2D eigenvalue weighted by Crippen LogP contribution is 2.15. The summed E-state index contributed by atoms with van der Waals surface area (Å²) in [5.74, 6) is -0.202. The van der Waals surface area contributed by atoms with Gasteiger partial charge in [0.05, 0.1) is 11.3 Å². The normalized spacial score (nSPS) is 17.8. The SMILES string of the molecule is CS(=O)(=O)N1CCC(NC(=O)c2csc(CCN)n2)CC1. The predicted molar refractivity (Wildman–Crippen MR) is 81.8 cm³/mol. The van der Waals surface area contributed by atoms with Crippen LogP contribution in [0.25, 0.3) is 0 Å². The number of nitrogens with two attached hydrogens (primary N) is 1.